The summed E-state index contributed by atoms with van der Waals surface area (Å²) >= 11 is 0. The molecule has 3 aromatic carbocycles. The number of carbonyl (C=O) groups is 1. The quantitative estimate of drug-likeness (QED) is 0.544. The first-order valence-corrected chi connectivity index (χ1v) is 9.62. The van der Waals surface area contributed by atoms with Crippen molar-refractivity contribution in [3.05, 3.63) is 102 Å². The summed E-state index contributed by atoms with van der Waals surface area (Å²) < 4.78 is 10.6. The van der Waals surface area contributed by atoms with E-state index < -0.39 is 0 Å². The maximum Gasteiger partial charge on any atom is 0.309 e. The van der Waals surface area contributed by atoms with E-state index in [4.69, 9.17) is 9.47 Å². The third-order valence-electron chi connectivity index (χ3n) is 5.01. The SMILES string of the molecule is COc1ccc(COC(=O)C2CCC2c2ccccc2)cc1.c1ccccc1. The van der Waals surface area contributed by atoms with Gasteiger partial charge in [-0.2, -0.15) is 0 Å². The molecular weight excluding hydrogens is 348 g/mol. The summed E-state index contributed by atoms with van der Waals surface area (Å²) in [4.78, 5) is 12.3. The number of carbonyl (C=O) groups excluding carboxylic acids is 1. The first-order chi connectivity index (χ1) is 13.8. The first kappa shape index (κ1) is 19.7. The zero-order valence-electron chi connectivity index (χ0n) is 16.2. The molecule has 144 valence electrons. The van der Waals surface area contributed by atoms with Crippen molar-refractivity contribution in [2.24, 2.45) is 5.92 Å². The van der Waals surface area contributed by atoms with E-state index in [1.807, 2.05) is 78.9 Å². The van der Waals surface area contributed by atoms with Gasteiger partial charge in [-0.3, -0.25) is 4.79 Å². The van der Waals surface area contributed by atoms with Crippen LogP contribution in [0.5, 0.6) is 5.75 Å². The molecule has 1 aliphatic carbocycles. The second-order valence-electron chi connectivity index (χ2n) is 6.81. The molecule has 1 saturated carbocycles. The summed E-state index contributed by atoms with van der Waals surface area (Å²) in [5.41, 5.74) is 2.21. The molecule has 0 aromatic heterocycles. The highest BCUT2D eigenvalue weighted by atomic mass is 16.5. The Morgan fingerprint density at radius 3 is 1.89 bits per heavy atom. The van der Waals surface area contributed by atoms with Gasteiger partial charge in [0, 0.05) is 0 Å². The molecule has 0 bridgehead atoms. The summed E-state index contributed by atoms with van der Waals surface area (Å²) in [7, 11) is 1.63. The number of rotatable bonds is 5. The Morgan fingerprint density at radius 2 is 1.39 bits per heavy atom. The van der Waals surface area contributed by atoms with Crippen LogP contribution < -0.4 is 4.74 Å². The third kappa shape index (κ3) is 5.46. The van der Waals surface area contributed by atoms with E-state index in [0.29, 0.717) is 12.5 Å². The van der Waals surface area contributed by atoms with E-state index in [9.17, 15) is 4.79 Å². The van der Waals surface area contributed by atoms with E-state index in [1.165, 1.54) is 5.56 Å². The second-order valence-corrected chi connectivity index (χ2v) is 6.81. The van der Waals surface area contributed by atoms with Gasteiger partial charge in [0.2, 0.25) is 0 Å². The molecule has 28 heavy (non-hydrogen) atoms. The fourth-order valence-corrected chi connectivity index (χ4v) is 3.25. The molecular formula is C25H26O3. The van der Waals surface area contributed by atoms with Crippen LogP contribution in [-0.4, -0.2) is 13.1 Å². The Bertz CT molecular complexity index is 802. The van der Waals surface area contributed by atoms with Gasteiger partial charge in [0.25, 0.3) is 0 Å². The molecule has 0 saturated heterocycles. The molecule has 1 aliphatic rings. The highest BCUT2D eigenvalue weighted by Gasteiger charge is 2.38. The fraction of sp³-hybridized carbons (Fsp3) is 0.240. The van der Waals surface area contributed by atoms with Crippen molar-refractivity contribution in [2.45, 2.75) is 25.4 Å². The monoisotopic (exact) mass is 374 g/mol. The largest absolute Gasteiger partial charge is 0.497 e. The second kappa shape index (κ2) is 10.3. The highest BCUT2D eigenvalue weighted by Crippen LogP contribution is 2.43. The lowest BCUT2D eigenvalue weighted by Crippen LogP contribution is -2.32. The van der Waals surface area contributed by atoms with Gasteiger partial charge in [-0.1, -0.05) is 78.9 Å². The molecule has 0 amide bonds. The minimum atomic E-state index is -0.0871. The predicted molar refractivity (Wildman–Crippen MR) is 111 cm³/mol. The van der Waals surface area contributed by atoms with Crippen LogP contribution in [0.3, 0.4) is 0 Å². The minimum Gasteiger partial charge on any atom is -0.497 e. The topological polar surface area (TPSA) is 35.5 Å². The molecule has 0 spiro atoms. The van der Waals surface area contributed by atoms with E-state index in [1.54, 1.807) is 7.11 Å². The number of hydrogen-bond donors (Lipinski definition) is 0. The van der Waals surface area contributed by atoms with E-state index >= 15 is 0 Å². The van der Waals surface area contributed by atoms with Crippen LogP contribution >= 0.6 is 0 Å². The molecule has 3 nitrogen and oxygen atoms in total. The predicted octanol–water partition coefficient (Wildman–Crippen LogP) is 5.62. The van der Waals surface area contributed by atoms with Gasteiger partial charge in [-0.05, 0) is 42.0 Å². The molecule has 4 rings (SSSR count). The van der Waals surface area contributed by atoms with Crippen molar-refractivity contribution in [3.8, 4) is 5.75 Å². The van der Waals surface area contributed by atoms with Crippen LogP contribution in [0.1, 0.15) is 29.9 Å². The molecule has 0 heterocycles. The minimum absolute atomic E-state index is 0.000600. The van der Waals surface area contributed by atoms with E-state index in [2.05, 4.69) is 12.1 Å². The first-order valence-electron chi connectivity index (χ1n) is 9.62. The average molecular weight is 374 g/mol. The van der Waals surface area contributed by atoms with Crippen LogP contribution in [0.2, 0.25) is 0 Å². The van der Waals surface area contributed by atoms with E-state index in [0.717, 1.165) is 24.2 Å². The Hall–Kier alpha value is -3.07. The summed E-state index contributed by atoms with van der Waals surface area (Å²) in [5, 5.41) is 0. The van der Waals surface area contributed by atoms with E-state index in [-0.39, 0.29) is 11.9 Å². The maximum absolute atomic E-state index is 12.3. The smallest absolute Gasteiger partial charge is 0.309 e. The van der Waals surface area contributed by atoms with Crippen molar-refractivity contribution in [1.29, 1.82) is 0 Å². The van der Waals surface area contributed by atoms with Crippen LogP contribution in [0.4, 0.5) is 0 Å². The van der Waals surface area contributed by atoms with Gasteiger partial charge >= 0.3 is 5.97 Å². The van der Waals surface area contributed by atoms with Gasteiger partial charge in [0.15, 0.2) is 0 Å². The number of methoxy groups -OCH3 is 1. The average Bonchev–Trinajstić information content (AvgIpc) is 2.74. The van der Waals surface area contributed by atoms with Crippen LogP contribution in [0.15, 0.2) is 91.0 Å². The Labute approximate surface area is 166 Å². The Balaban J connectivity index is 0.000000320. The third-order valence-corrected chi connectivity index (χ3v) is 5.01. The number of benzene rings is 3. The molecule has 1 fully saturated rings. The normalized spacial score (nSPS) is 17.5. The Kier molecular flexibility index (Phi) is 7.25. The molecule has 3 aromatic rings. The number of ether oxygens (including phenoxy) is 2. The fourth-order valence-electron chi connectivity index (χ4n) is 3.25. The van der Waals surface area contributed by atoms with Gasteiger partial charge in [-0.15, -0.1) is 0 Å². The maximum atomic E-state index is 12.3. The highest BCUT2D eigenvalue weighted by molar-refractivity contribution is 5.75. The van der Waals surface area contributed by atoms with Crippen LogP contribution in [0, 0.1) is 5.92 Å². The lowest BCUT2D eigenvalue weighted by atomic mass is 9.70. The molecule has 3 heteroatoms. The number of hydrogen-bond acceptors (Lipinski definition) is 3. The van der Waals surface area contributed by atoms with Gasteiger partial charge in [0.05, 0.1) is 13.0 Å². The standard InChI is InChI=1S/C19H20O3.C6H6/c1-21-16-9-7-14(8-10-16)13-22-19(20)18-12-11-17(18)15-5-3-2-4-6-15;1-2-4-6-5-3-1/h2-10,17-18H,11-13H2,1H3;1-6H. The van der Waals surface area contributed by atoms with Gasteiger partial charge < -0.3 is 9.47 Å². The van der Waals surface area contributed by atoms with Crippen LogP contribution in [0.25, 0.3) is 0 Å². The van der Waals surface area contributed by atoms with Crippen molar-refractivity contribution in [1.82, 2.24) is 0 Å². The van der Waals surface area contributed by atoms with Crippen molar-refractivity contribution in [2.75, 3.05) is 7.11 Å². The van der Waals surface area contributed by atoms with Gasteiger partial charge in [-0.25, -0.2) is 0 Å². The summed E-state index contributed by atoms with van der Waals surface area (Å²) in [5.74, 6) is 1.03. The summed E-state index contributed by atoms with van der Waals surface area (Å²) in [6.07, 6.45) is 1.98. The molecule has 0 radical (unpaired) electrons. The van der Waals surface area contributed by atoms with Gasteiger partial charge in [0.1, 0.15) is 12.4 Å². The zero-order valence-corrected chi connectivity index (χ0v) is 16.2. The summed E-state index contributed by atoms with van der Waals surface area (Å²) in [6.45, 7) is 0.320. The lowest BCUT2D eigenvalue weighted by Gasteiger charge is -2.35. The zero-order chi connectivity index (χ0) is 19.6. The van der Waals surface area contributed by atoms with Crippen molar-refractivity contribution >= 4 is 5.97 Å². The lowest BCUT2D eigenvalue weighted by molar-refractivity contribution is -0.154. The molecule has 0 N–H and O–H groups in total. The van der Waals surface area contributed by atoms with Crippen molar-refractivity contribution in [3.63, 3.8) is 0 Å². The molecule has 2 unspecified atom stereocenters. The Morgan fingerprint density at radius 1 is 0.821 bits per heavy atom. The molecule has 2 atom stereocenters. The molecule has 0 aliphatic heterocycles. The van der Waals surface area contributed by atoms with Crippen molar-refractivity contribution < 1.29 is 14.3 Å². The summed E-state index contributed by atoms with van der Waals surface area (Å²) in [6, 6.07) is 29.8. The number of esters is 1. The van der Waals surface area contributed by atoms with Crippen LogP contribution in [-0.2, 0) is 16.1 Å².